The lowest BCUT2D eigenvalue weighted by molar-refractivity contribution is 0.457. The molecule has 0 heterocycles. The Morgan fingerprint density at radius 3 is 2.56 bits per heavy atom. The van der Waals surface area contributed by atoms with E-state index in [0.29, 0.717) is 17.1 Å². The van der Waals surface area contributed by atoms with Gasteiger partial charge in [0.05, 0.1) is 0 Å². The average Bonchev–Trinajstić information content (AvgIpc) is 2.40. The molecule has 0 atom stereocenters. The van der Waals surface area contributed by atoms with Crippen LogP contribution in [0.4, 0.5) is 4.39 Å². The Hall–Kier alpha value is -1.52. The maximum absolute atomic E-state index is 13.6. The molecule has 0 amide bonds. The molecule has 2 N–H and O–H groups in total. The predicted octanol–water partition coefficient (Wildman–Crippen LogP) is 3.80. The van der Waals surface area contributed by atoms with Crippen LogP contribution in [0.25, 0.3) is 0 Å². The second-order valence-corrected chi connectivity index (χ2v) is 4.52. The Morgan fingerprint density at radius 1 is 1.11 bits per heavy atom. The van der Waals surface area contributed by atoms with Gasteiger partial charge in [0.2, 0.25) is 0 Å². The van der Waals surface area contributed by atoms with Gasteiger partial charge in [-0.15, -0.1) is 11.8 Å². The summed E-state index contributed by atoms with van der Waals surface area (Å²) >= 11 is 1.58. The van der Waals surface area contributed by atoms with Crippen molar-refractivity contribution in [3.05, 3.63) is 53.8 Å². The molecule has 2 aromatic rings. The van der Waals surface area contributed by atoms with Gasteiger partial charge in [-0.1, -0.05) is 18.2 Å². The van der Waals surface area contributed by atoms with Crippen LogP contribution in [0.15, 0.2) is 47.4 Å². The van der Waals surface area contributed by atoms with Gasteiger partial charge in [0.25, 0.3) is 0 Å². The minimum absolute atomic E-state index is 0.115. The zero-order chi connectivity index (χ0) is 13.0. The number of benzene rings is 2. The van der Waals surface area contributed by atoms with Gasteiger partial charge in [-0.25, -0.2) is 4.39 Å². The fourth-order valence-corrected chi connectivity index (χ4v) is 2.18. The highest BCUT2D eigenvalue weighted by molar-refractivity contribution is 7.98. The van der Waals surface area contributed by atoms with Gasteiger partial charge < -0.3 is 10.5 Å². The van der Waals surface area contributed by atoms with Crippen LogP contribution in [0.3, 0.4) is 0 Å². The summed E-state index contributed by atoms with van der Waals surface area (Å²) in [5.74, 6) is 0.848. The molecule has 0 aliphatic carbocycles. The van der Waals surface area contributed by atoms with Gasteiger partial charge in [0, 0.05) is 17.0 Å². The van der Waals surface area contributed by atoms with E-state index in [1.54, 1.807) is 23.9 Å². The third-order valence-electron chi connectivity index (χ3n) is 2.57. The largest absolute Gasteiger partial charge is 0.456 e. The lowest BCUT2D eigenvalue weighted by atomic mass is 10.2. The van der Waals surface area contributed by atoms with E-state index in [-0.39, 0.29) is 12.4 Å². The molecule has 0 aliphatic heterocycles. The van der Waals surface area contributed by atoms with Crippen LogP contribution in [0.2, 0.25) is 0 Å². The lowest BCUT2D eigenvalue weighted by Crippen LogP contribution is -2.02. The molecule has 0 unspecified atom stereocenters. The average molecular weight is 263 g/mol. The molecule has 0 aromatic heterocycles. The Balaban J connectivity index is 2.37. The van der Waals surface area contributed by atoms with Crippen LogP contribution in [-0.4, -0.2) is 6.26 Å². The molecule has 0 spiro atoms. The summed E-state index contributed by atoms with van der Waals surface area (Å²) in [7, 11) is 0. The van der Waals surface area contributed by atoms with Crippen LogP contribution in [0.1, 0.15) is 5.56 Å². The van der Waals surface area contributed by atoms with Crippen molar-refractivity contribution in [1.29, 1.82) is 0 Å². The lowest BCUT2D eigenvalue weighted by Gasteiger charge is -2.12. The Labute approximate surface area is 110 Å². The first-order valence-electron chi connectivity index (χ1n) is 5.54. The second kappa shape index (κ2) is 5.89. The van der Waals surface area contributed by atoms with E-state index in [0.717, 1.165) is 4.90 Å². The SMILES string of the molecule is CSc1ccccc1Oc1cccc(F)c1CN. The second-order valence-electron chi connectivity index (χ2n) is 3.67. The van der Waals surface area contributed by atoms with E-state index in [4.69, 9.17) is 10.5 Å². The zero-order valence-corrected chi connectivity index (χ0v) is 10.8. The topological polar surface area (TPSA) is 35.2 Å². The number of halogens is 1. The molecular weight excluding hydrogens is 249 g/mol. The van der Waals surface area contributed by atoms with Crippen molar-refractivity contribution in [2.45, 2.75) is 11.4 Å². The molecule has 0 saturated heterocycles. The quantitative estimate of drug-likeness (QED) is 0.852. The van der Waals surface area contributed by atoms with E-state index in [2.05, 4.69) is 0 Å². The van der Waals surface area contributed by atoms with E-state index >= 15 is 0 Å². The Morgan fingerprint density at radius 2 is 1.83 bits per heavy atom. The normalized spacial score (nSPS) is 10.4. The summed E-state index contributed by atoms with van der Waals surface area (Å²) in [4.78, 5) is 1.00. The van der Waals surface area contributed by atoms with E-state index < -0.39 is 0 Å². The van der Waals surface area contributed by atoms with Gasteiger partial charge in [-0.2, -0.15) is 0 Å². The molecule has 0 fully saturated rings. The summed E-state index contributed by atoms with van der Waals surface area (Å²) in [6, 6.07) is 12.4. The smallest absolute Gasteiger partial charge is 0.140 e. The molecule has 2 rings (SSSR count). The number of hydrogen-bond donors (Lipinski definition) is 1. The highest BCUT2D eigenvalue weighted by atomic mass is 32.2. The van der Waals surface area contributed by atoms with Crippen molar-refractivity contribution in [1.82, 2.24) is 0 Å². The Bertz CT molecular complexity index is 545. The molecule has 0 bridgehead atoms. The van der Waals surface area contributed by atoms with Crippen molar-refractivity contribution >= 4 is 11.8 Å². The number of thioether (sulfide) groups is 1. The third-order valence-corrected chi connectivity index (χ3v) is 3.35. The van der Waals surface area contributed by atoms with Gasteiger partial charge in [-0.3, -0.25) is 0 Å². The molecule has 4 heteroatoms. The Kier molecular flexibility index (Phi) is 4.23. The first-order chi connectivity index (χ1) is 8.76. The summed E-state index contributed by atoms with van der Waals surface area (Å²) < 4.78 is 19.3. The van der Waals surface area contributed by atoms with Gasteiger partial charge in [0.1, 0.15) is 17.3 Å². The van der Waals surface area contributed by atoms with E-state index in [9.17, 15) is 4.39 Å². The summed E-state index contributed by atoms with van der Waals surface area (Å²) in [5.41, 5.74) is 5.95. The molecule has 2 nitrogen and oxygen atoms in total. The van der Waals surface area contributed by atoms with Crippen LogP contribution in [-0.2, 0) is 6.54 Å². The van der Waals surface area contributed by atoms with Gasteiger partial charge in [-0.05, 0) is 30.5 Å². The molecule has 0 saturated carbocycles. The molecule has 18 heavy (non-hydrogen) atoms. The first kappa shape index (κ1) is 12.9. The van der Waals surface area contributed by atoms with Gasteiger partial charge >= 0.3 is 0 Å². The van der Waals surface area contributed by atoms with Crippen LogP contribution in [0, 0.1) is 5.82 Å². The minimum Gasteiger partial charge on any atom is -0.456 e. The number of para-hydroxylation sites is 1. The molecule has 2 aromatic carbocycles. The number of rotatable bonds is 4. The van der Waals surface area contributed by atoms with Gasteiger partial charge in [0.15, 0.2) is 0 Å². The van der Waals surface area contributed by atoms with Crippen molar-refractivity contribution in [3.8, 4) is 11.5 Å². The van der Waals surface area contributed by atoms with Crippen LogP contribution < -0.4 is 10.5 Å². The molecular formula is C14H14FNOS. The van der Waals surface area contributed by atoms with Crippen molar-refractivity contribution < 1.29 is 9.13 Å². The van der Waals surface area contributed by atoms with Crippen LogP contribution >= 0.6 is 11.8 Å². The monoisotopic (exact) mass is 263 g/mol. The van der Waals surface area contributed by atoms with E-state index in [1.165, 1.54) is 6.07 Å². The number of hydrogen-bond acceptors (Lipinski definition) is 3. The standard InChI is InChI=1S/C14H14FNOS/c1-18-14-8-3-2-6-13(14)17-12-7-4-5-11(15)10(12)9-16/h2-8H,9,16H2,1H3. The fourth-order valence-electron chi connectivity index (χ4n) is 1.65. The summed E-state index contributed by atoms with van der Waals surface area (Å²) in [6.07, 6.45) is 1.97. The molecule has 0 radical (unpaired) electrons. The molecule has 0 aliphatic rings. The number of ether oxygens (including phenoxy) is 1. The summed E-state index contributed by atoms with van der Waals surface area (Å²) in [5, 5.41) is 0. The van der Waals surface area contributed by atoms with Crippen LogP contribution in [0.5, 0.6) is 11.5 Å². The van der Waals surface area contributed by atoms with Crippen molar-refractivity contribution in [3.63, 3.8) is 0 Å². The predicted molar refractivity (Wildman–Crippen MR) is 72.6 cm³/mol. The summed E-state index contributed by atoms with van der Waals surface area (Å²) in [6.45, 7) is 0.115. The van der Waals surface area contributed by atoms with Crippen molar-refractivity contribution in [2.24, 2.45) is 5.73 Å². The van der Waals surface area contributed by atoms with Crippen molar-refractivity contribution in [2.75, 3.05) is 6.26 Å². The van der Waals surface area contributed by atoms with E-state index in [1.807, 2.05) is 30.5 Å². The maximum atomic E-state index is 13.6. The maximum Gasteiger partial charge on any atom is 0.140 e. The third kappa shape index (κ3) is 2.66. The fraction of sp³-hybridized carbons (Fsp3) is 0.143. The minimum atomic E-state index is -0.336. The number of nitrogens with two attached hydrogens (primary N) is 1. The zero-order valence-electron chi connectivity index (χ0n) is 10.0. The molecule has 94 valence electrons. The first-order valence-corrected chi connectivity index (χ1v) is 6.77. The highest BCUT2D eigenvalue weighted by Crippen LogP contribution is 2.33. The highest BCUT2D eigenvalue weighted by Gasteiger charge is 2.10.